The smallest absolute Gasteiger partial charge is 0.0540 e. The molecule has 5 rings (SSSR count). The summed E-state index contributed by atoms with van der Waals surface area (Å²) in [4.78, 5) is 2.94. The van der Waals surface area contributed by atoms with Gasteiger partial charge in [0, 0.05) is 44.2 Å². The number of nitrogen functional groups attached to an aromatic ring is 1. The number of anilines is 2. The van der Waals surface area contributed by atoms with Crippen LogP contribution in [0.15, 0.2) is 52.9 Å². The van der Waals surface area contributed by atoms with Crippen molar-refractivity contribution in [3.8, 4) is 0 Å². The van der Waals surface area contributed by atoms with Gasteiger partial charge in [0.15, 0.2) is 0 Å². The lowest BCUT2D eigenvalue weighted by atomic mass is 9.66. The molecule has 3 N–H and O–H groups in total. The molecule has 0 saturated carbocycles. The first-order valence-electron chi connectivity index (χ1n) is 8.80. The normalized spacial score (nSPS) is 26.0. The van der Waals surface area contributed by atoms with E-state index in [4.69, 9.17) is 5.73 Å². The summed E-state index contributed by atoms with van der Waals surface area (Å²) >= 11 is 4.03. The molecule has 2 nitrogen and oxygen atoms in total. The number of hydrogen-bond donors (Lipinski definition) is 2. The van der Waals surface area contributed by atoms with Crippen molar-refractivity contribution in [2.75, 3.05) is 22.6 Å². The molecule has 25 heavy (non-hydrogen) atoms. The third kappa shape index (κ3) is 2.27. The lowest BCUT2D eigenvalue weighted by molar-refractivity contribution is 0.314. The molecule has 2 aromatic rings. The van der Waals surface area contributed by atoms with Crippen molar-refractivity contribution >= 4 is 39.8 Å². The molecule has 2 aromatic carbocycles. The van der Waals surface area contributed by atoms with Gasteiger partial charge in [-0.05, 0) is 40.8 Å². The van der Waals surface area contributed by atoms with Crippen molar-refractivity contribution in [1.29, 1.82) is 0 Å². The summed E-state index contributed by atoms with van der Waals surface area (Å²) in [5.41, 5.74) is 12.7. The van der Waals surface area contributed by atoms with Gasteiger partial charge in [-0.1, -0.05) is 32.0 Å². The van der Waals surface area contributed by atoms with Crippen molar-refractivity contribution in [2.24, 2.45) is 5.92 Å². The maximum atomic E-state index is 6.08. The van der Waals surface area contributed by atoms with Crippen LogP contribution in [0.4, 0.5) is 11.4 Å². The molecule has 3 heterocycles. The highest BCUT2D eigenvalue weighted by molar-refractivity contribution is 8.08. The van der Waals surface area contributed by atoms with E-state index in [1.807, 2.05) is 17.8 Å². The summed E-state index contributed by atoms with van der Waals surface area (Å²) < 4.78 is 0. The van der Waals surface area contributed by atoms with Gasteiger partial charge < -0.3 is 11.1 Å². The van der Waals surface area contributed by atoms with E-state index in [1.165, 1.54) is 26.6 Å². The van der Waals surface area contributed by atoms with Crippen LogP contribution in [0.1, 0.15) is 25.0 Å². The van der Waals surface area contributed by atoms with Crippen LogP contribution < -0.4 is 11.1 Å². The minimum atomic E-state index is 0.119. The van der Waals surface area contributed by atoms with Crippen LogP contribution in [0.25, 0.3) is 4.91 Å². The third-order valence-electron chi connectivity index (χ3n) is 5.97. The Bertz CT molecular complexity index is 901. The molecule has 4 heteroatoms. The van der Waals surface area contributed by atoms with Crippen molar-refractivity contribution in [3.05, 3.63) is 59.2 Å². The van der Waals surface area contributed by atoms with Crippen LogP contribution in [-0.2, 0) is 5.41 Å². The number of nitrogens with one attached hydrogen (secondary N) is 1. The average Bonchev–Trinajstić information content (AvgIpc) is 2.62. The van der Waals surface area contributed by atoms with Crippen LogP contribution in [0.2, 0.25) is 0 Å². The minimum absolute atomic E-state index is 0.119. The molecule has 0 bridgehead atoms. The quantitative estimate of drug-likeness (QED) is 0.627. The van der Waals surface area contributed by atoms with Crippen molar-refractivity contribution < 1.29 is 0 Å². The van der Waals surface area contributed by atoms with E-state index in [0.29, 0.717) is 12.0 Å². The highest BCUT2D eigenvalue weighted by atomic mass is 32.2. The van der Waals surface area contributed by atoms with Crippen molar-refractivity contribution in [2.45, 2.75) is 30.2 Å². The second-order valence-corrected chi connectivity index (χ2v) is 9.75. The first kappa shape index (κ1) is 15.7. The number of benzene rings is 2. The Morgan fingerprint density at radius 2 is 1.96 bits per heavy atom. The summed E-state index contributed by atoms with van der Waals surface area (Å²) in [7, 11) is 0. The van der Waals surface area contributed by atoms with Gasteiger partial charge in [0.2, 0.25) is 0 Å². The summed E-state index contributed by atoms with van der Waals surface area (Å²) in [6, 6.07) is 15.6. The molecular weight excluding hydrogens is 344 g/mol. The number of rotatable bonds is 0. The van der Waals surface area contributed by atoms with Gasteiger partial charge in [-0.15, -0.1) is 23.5 Å². The Hall–Kier alpha value is -1.52. The summed E-state index contributed by atoms with van der Waals surface area (Å²) in [6.45, 7) is 4.78. The molecule has 128 valence electrons. The van der Waals surface area contributed by atoms with E-state index in [0.717, 1.165) is 17.2 Å². The zero-order valence-electron chi connectivity index (χ0n) is 14.5. The zero-order valence-corrected chi connectivity index (χ0v) is 16.1. The van der Waals surface area contributed by atoms with Gasteiger partial charge in [0.05, 0.1) is 6.04 Å². The molecule has 0 saturated heterocycles. The lowest BCUT2D eigenvalue weighted by Crippen LogP contribution is -2.50. The molecule has 3 aliphatic heterocycles. The Morgan fingerprint density at radius 3 is 2.84 bits per heavy atom. The molecule has 0 aliphatic carbocycles. The highest BCUT2D eigenvalue weighted by Crippen LogP contribution is 2.55. The molecular formula is C21H22N2S2. The van der Waals surface area contributed by atoms with E-state index < -0.39 is 0 Å². The van der Waals surface area contributed by atoms with Crippen LogP contribution in [0.3, 0.4) is 0 Å². The monoisotopic (exact) mass is 366 g/mol. The molecule has 2 atom stereocenters. The van der Waals surface area contributed by atoms with Crippen LogP contribution in [0.5, 0.6) is 0 Å². The zero-order chi connectivity index (χ0) is 17.2. The van der Waals surface area contributed by atoms with Gasteiger partial charge in [-0.25, -0.2) is 0 Å². The number of thioether (sulfide) groups is 2. The summed E-state index contributed by atoms with van der Waals surface area (Å²) in [6.07, 6.45) is 0. The first-order valence-corrected chi connectivity index (χ1v) is 10.8. The molecule has 0 fully saturated rings. The molecule has 3 aliphatic rings. The topological polar surface area (TPSA) is 38.0 Å². The summed E-state index contributed by atoms with van der Waals surface area (Å²) in [5.74, 6) is 2.82. The van der Waals surface area contributed by atoms with Crippen LogP contribution in [0, 0.1) is 5.92 Å². The van der Waals surface area contributed by atoms with Gasteiger partial charge in [0.25, 0.3) is 0 Å². The van der Waals surface area contributed by atoms with Crippen LogP contribution in [-0.4, -0.2) is 17.5 Å². The number of nitrogens with two attached hydrogens (primary N) is 1. The maximum Gasteiger partial charge on any atom is 0.0540 e. The fourth-order valence-corrected chi connectivity index (χ4v) is 7.45. The van der Waals surface area contributed by atoms with E-state index >= 15 is 0 Å². The Kier molecular flexibility index (Phi) is 3.45. The van der Waals surface area contributed by atoms with Gasteiger partial charge >= 0.3 is 0 Å². The highest BCUT2D eigenvalue weighted by Gasteiger charge is 2.47. The van der Waals surface area contributed by atoms with E-state index in [-0.39, 0.29) is 5.41 Å². The molecule has 0 spiro atoms. The Balaban J connectivity index is 1.65. The molecule has 2 unspecified atom stereocenters. The maximum absolute atomic E-state index is 6.08. The SMILES string of the molecule is CC1(C)c2cc(N)ccc2NC2C3=C(SCC21)c1ccccc1SC3. The Morgan fingerprint density at radius 1 is 1.12 bits per heavy atom. The minimum Gasteiger partial charge on any atom is -0.399 e. The van der Waals surface area contributed by atoms with E-state index in [2.05, 4.69) is 67.3 Å². The largest absolute Gasteiger partial charge is 0.399 e. The van der Waals surface area contributed by atoms with E-state index in [1.54, 1.807) is 5.57 Å². The lowest BCUT2D eigenvalue weighted by Gasteiger charge is -2.50. The van der Waals surface area contributed by atoms with E-state index in [9.17, 15) is 0 Å². The van der Waals surface area contributed by atoms with Gasteiger partial charge in [0.1, 0.15) is 0 Å². The fourth-order valence-electron chi connectivity index (χ4n) is 4.49. The molecule has 0 radical (unpaired) electrons. The predicted molar refractivity (Wildman–Crippen MR) is 111 cm³/mol. The standard InChI is InChI=1S/C21H22N2S2/c1-21(2)15-9-12(22)7-8-17(15)23-19-14-10-24-18-6-4-3-5-13(18)20(14)25-11-16(19)21/h3-9,16,19,23H,10-11,22H2,1-2H3. The van der Waals surface area contributed by atoms with Crippen LogP contribution >= 0.6 is 23.5 Å². The number of fused-ring (bicyclic) bond motifs is 5. The second-order valence-electron chi connectivity index (χ2n) is 7.71. The number of hydrogen-bond acceptors (Lipinski definition) is 4. The van der Waals surface area contributed by atoms with Crippen molar-refractivity contribution in [3.63, 3.8) is 0 Å². The average molecular weight is 367 g/mol. The van der Waals surface area contributed by atoms with Gasteiger partial charge in [-0.3, -0.25) is 0 Å². The second kappa shape index (κ2) is 5.49. The predicted octanol–water partition coefficient (Wildman–Crippen LogP) is 5.22. The Labute approximate surface area is 157 Å². The summed E-state index contributed by atoms with van der Waals surface area (Å²) in [5, 5.41) is 3.87. The third-order valence-corrected chi connectivity index (χ3v) is 8.39. The fraction of sp³-hybridized carbons (Fsp3) is 0.333. The van der Waals surface area contributed by atoms with Gasteiger partial charge in [-0.2, -0.15) is 0 Å². The first-order chi connectivity index (χ1) is 12.1. The molecule has 0 aromatic heterocycles. The molecule has 0 amide bonds. The van der Waals surface area contributed by atoms with Crippen molar-refractivity contribution in [1.82, 2.24) is 0 Å².